The van der Waals surface area contributed by atoms with Crippen LogP contribution in [-0.2, 0) is 0 Å². The third-order valence-corrected chi connectivity index (χ3v) is 1.19. The molecule has 0 N–H and O–H groups in total. The zero-order valence-electron chi connectivity index (χ0n) is 5.93. The molecule has 0 atom stereocenters. The van der Waals surface area contributed by atoms with Crippen molar-refractivity contribution in [3.05, 3.63) is 0 Å². The summed E-state index contributed by atoms with van der Waals surface area (Å²) < 4.78 is 34.6. The van der Waals surface area contributed by atoms with Gasteiger partial charge >= 0.3 is 6.18 Å². The highest BCUT2D eigenvalue weighted by Crippen LogP contribution is 2.28. The monoisotopic (exact) mass is 174 g/mol. The average molecular weight is 175 g/mol. The molecule has 0 aromatic carbocycles. The van der Waals surface area contributed by atoms with E-state index < -0.39 is 17.5 Å². The largest absolute Gasteiger partial charge is 0.389 e. The summed E-state index contributed by atoms with van der Waals surface area (Å²) in [6.07, 6.45) is -4.91. The molecular formula is C6H10ClF3. The van der Waals surface area contributed by atoms with Crippen molar-refractivity contribution in [3.8, 4) is 0 Å². The van der Waals surface area contributed by atoms with E-state index in [9.17, 15) is 13.2 Å². The van der Waals surface area contributed by atoms with Gasteiger partial charge in [-0.15, -0.1) is 11.6 Å². The van der Waals surface area contributed by atoms with Gasteiger partial charge in [-0.2, -0.15) is 13.2 Å². The second-order valence-corrected chi connectivity index (χ2v) is 3.86. The van der Waals surface area contributed by atoms with Crippen molar-refractivity contribution >= 4 is 11.6 Å². The molecule has 4 heteroatoms. The SMILES string of the molecule is CC(C)(Cl)CCC(F)(F)F. The van der Waals surface area contributed by atoms with Gasteiger partial charge in [-0.05, 0) is 20.3 Å². The Labute approximate surface area is 63.4 Å². The Kier molecular flexibility index (Phi) is 3.01. The molecule has 0 fully saturated rings. The summed E-state index contributed by atoms with van der Waals surface area (Å²) in [5, 5.41) is 0. The molecular weight excluding hydrogens is 165 g/mol. The Morgan fingerprint density at radius 1 is 1.10 bits per heavy atom. The molecule has 0 aliphatic carbocycles. The van der Waals surface area contributed by atoms with Gasteiger partial charge in [0.15, 0.2) is 0 Å². The number of halogens is 4. The maximum absolute atomic E-state index is 11.5. The topological polar surface area (TPSA) is 0 Å². The Morgan fingerprint density at radius 2 is 1.50 bits per heavy atom. The highest BCUT2D eigenvalue weighted by Gasteiger charge is 2.29. The first-order chi connectivity index (χ1) is 4.21. The van der Waals surface area contributed by atoms with E-state index in [1.54, 1.807) is 13.8 Å². The average Bonchev–Trinajstić information content (AvgIpc) is 1.57. The van der Waals surface area contributed by atoms with Gasteiger partial charge in [0.25, 0.3) is 0 Å². The molecule has 0 radical (unpaired) electrons. The van der Waals surface area contributed by atoms with Crippen LogP contribution >= 0.6 is 11.6 Å². The Bertz CT molecular complexity index is 86.5. The van der Waals surface area contributed by atoms with E-state index in [0.717, 1.165) is 0 Å². The first kappa shape index (κ1) is 10.1. The van der Waals surface area contributed by atoms with Gasteiger partial charge in [0.1, 0.15) is 0 Å². The fraction of sp³-hybridized carbons (Fsp3) is 1.00. The standard InChI is InChI=1S/C6H10ClF3/c1-5(2,7)3-4-6(8,9)10/h3-4H2,1-2H3. The molecule has 62 valence electrons. The highest BCUT2D eigenvalue weighted by atomic mass is 35.5. The predicted octanol–water partition coefficient (Wildman–Crippen LogP) is 3.35. The van der Waals surface area contributed by atoms with Crippen LogP contribution in [-0.4, -0.2) is 11.1 Å². The van der Waals surface area contributed by atoms with Crippen molar-refractivity contribution in [2.45, 2.75) is 37.7 Å². The predicted molar refractivity (Wildman–Crippen MR) is 35.2 cm³/mol. The molecule has 0 saturated carbocycles. The first-order valence-corrected chi connectivity index (χ1v) is 3.34. The van der Waals surface area contributed by atoms with Crippen LogP contribution < -0.4 is 0 Å². The summed E-state index contributed by atoms with van der Waals surface area (Å²) in [6.45, 7) is 3.14. The second-order valence-electron chi connectivity index (χ2n) is 2.83. The van der Waals surface area contributed by atoms with Crippen molar-refractivity contribution in [1.82, 2.24) is 0 Å². The number of hydrogen-bond acceptors (Lipinski definition) is 0. The van der Waals surface area contributed by atoms with E-state index in [1.165, 1.54) is 0 Å². The molecule has 0 spiro atoms. The van der Waals surface area contributed by atoms with Crippen molar-refractivity contribution in [2.75, 3.05) is 0 Å². The quantitative estimate of drug-likeness (QED) is 0.564. The smallest absolute Gasteiger partial charge is 0.171 e. The summed E-state index contributed by atoms with van der Waals surface area (Å²) in [6, 6.07) is 0. The van der Waals surface area contributed by atoms with Gasteiger partial charge in [-0.1, -0.05) is 0 Å². The molecule has 0 amide bonds. The van der Waals surface area contributed by atoms with Crippen LogP contribution in [0.4, 0.5) is 13.2 Å². The zero-order valence-corrected chi connectivity index (χ0v) is 6.68. The minimum atomic E-state index is -4.08. The molecule has 0 unspecified atom stereocenters. The van der Waals surface area contributed by atoms with Gasteiger partial charge in [0, 0.05) is 11.3 Å². The van der Waals surface area contributed by atoms with Crippen molar-refractivity contribution in [1.29, 1.82) is 0 Å². The van der Waals surface area contributed by atoms with Crippen LogP contribution in [0.5, 0.6) is 0 Å². The van der Waals surface area contributed by atoms with E-state index in [-0.39, 0.29) is 6.42 Å². The van der Waals surface area contributed by atoms with Crippen molar-refractivity contribution < 1.29 is 13.2 Å². The maximum atomic E-state index is 11.5. The molecule has 0 aliphatic heterocycles. The summed E-state index contributed by atoms with van der Waals surface area (Å²) in [5.41, 5.74) is 0. The molecule has 0 heterocycles. The van der Waals surface area contributed by atoms with Crippen LogP contribution in [0.2, 0.25) is 0 Å². The lowest BCUT2D eigenvalue weighted by molar-refractivity contribution is -0.136. The maximum Gasteiger partial charge on any atom is 0.389 e. The first-order valence-electron chi connectivity index (χ1n) is 2.96. The molecule has 0 rings (SSSR count). The van der Waals surface area contributed by atoms with Crippen LogP contribution in [0.15, 0.2) is 0 Å². The van der Waals surface area contributed by atoms with Gasteiger partial charge in [-0.3, -0.25) is 0 Å². The lowest BCUT2D eigenvalue weighted by Crippen LogP contribution is -2.16. The van der Waals surface area contributed by atoms with Crippen LogP contribution in [0.3, 0.4) is 0 Å². The Hall–Kier alpha value is 0.0800. The summed E-state index contributed by atoms with van der Waals surface area (Å²) in [4.78, 5) is -0.741. The molecule has 0 aromatic rings. The van der Waals surface area contributed by atoms with Gasteiger partial charge in [-0.25, -0.2) is 0 Å². The molecule has 0 bridgehead atoms. The normalized spacial score (nSPS) is 13.8. The van der Waals surface area contributed by atoms with Crippen LogP contribution in [0.25, 0.3) is 0 Å². The summed E-state index contributed by atoms with van der Waals surface area (Å²) in [5.74, 6) is 0. The minimum Gasteiger partial charge on any atom is -0.171 e. The molecule has 0 saturated heterocycles. The van der Waals surface area contributed by atoms with Crippen molar-refractivity contribution in [3.63, 3.8) is 0 Å². The van der Waals surface area contributed by atoms with Gasteiger partial charge in [0.05, 0.1) is 0 Å². The third kappa shape index (κ3) is 8.08. The van der Waals surface area contributed by atoms with E-state index in [0.29, 0.717) is 0 Å². The molecule has 0 aliphatic rings. The number of hydrogen-bond donors (Lipinski definition) is 0. The van der Waals surface area contributed by atoms with E-state index in [4.69, 9.17) is 11.6 Å². The molecule has 0 aromatic heterocycles. The van der Waals surface area contributed by atoms with Crippen LogP contribution in [0, 0.1) is 0 Å². The number of rotatable bonds is 2. The summed E-state index contributed by atoms with van der Waals surface area (Å²) in [7, 11) is 0. The lowest BCUT2D eigenvalue weighted by Gasteiger charge is -2.16. The summed E-state index contributed by atoms with van der Waals surface area (Å²) >= 11 is 5.54. The van der Waals surface area contributed by atoms with Gasteiger partial charge < -0.3 is 0 Å². The Morgan fingerprint density at radius 3 is 1.60 bits per heavy atom. The van der Waals surface area contributed by atoms with Crippen molar-refractivity contribution in [2.24, 2.45) is 0 Å². The van der Waals surface area contributed by atoms with Crippen LogP contribution in [0.1, 0.15) is 26.7 Å². The van der Waals surface area contributed by atoms with E-state index in [1.807, 2.05) is 0 Å². The minimum absolute atomic E-state index is 0.0297. The van der Waals surface area contributed by atoms with E-state index in [2.05, 4.69) is 0 Å². The Balaban J connectivity index is 3.56. The fourth-order valence-corrected chi connectivity index (χ4v) is 0.533. The highest BCUT2D eigenvalue weighted by molar-refractivity contribution is 6.23. The molecule has 0 nitrogen and oxygen atoms in total. The second kappa shape index (κ2) is 2.99. The third-order valence-electron chi connectivity index (χ3n) is 1.00. The molecule has 10 heavy (non-hydrogen) atoms. The number of alkyl halides is 4. The van der Waals surface area contributed by atoms with E-state index >= 15 is 0 Å². The zero-order chi connectivity index (χ0) is 8.41. The lowest BCUT2D eigenvalue weighted by atomic mass is 10.1. The van der Waals surface area contributed by atoms with Gasteiger partial charge in [0.2, 0.25) is 0 Å². The fourth-order valence-electron chi connectivity index (χ4n) is 0.439.